The number of nitrogens with zero attached hydrogens (tertiary/aromatic N) is 1. The molecule has 0 aromatic heterocycles. The maximum Gasteiger partial charge on any atom is 0.138 e. The lowest BCUT2D eigenvalue weighted by Gasteiger charge is -2.56. The van der Waals surface area contributed by atoms with Crippen molar-refractivity contribution >= 4 is 0 Å². The van der Waals surface area contributed by atoms with Crippen molar-refractivity contribution in [3.8, 4) is 5.75 Å². The fourth-order valence-corrected chi connectivity index (χ4v) is 5.84. The molecule has 1 aromatic carbocycles. The zero-order valence-corrected chi connectivity index (χ0v) is 15.0. The summed E-state index contributed by atoms with van der Waals surface area (Å²) in [7, 11) is 2.25. The molecular formula is C21H27NO2. The molecule has 1 N–H and O–H groups in total. The molecule has 3 nitrogen and oxygen atoms in total. The Kier molecular flexibility index (Phi) is 2.77. The molecule has 2 heterocycles. The molecule has 0 radical (unpaired) electrons. The molecule has 3 heteroatoms. The molecule has 5 rings (SSSR count). The highest BCUT2D eigenvalue weighted by Crippen LogP contribution is 2.62. The number of aliphatic hydroxyl groups is 1. The summed E-state index contributed by atoms with van der Waals surface area (Å²) in [5, 5.41) is 10.7. The van der Waals surface area contributed by atoms with Gasteiger partial charge in [-0.05, 0) is 43.0 Å². The molecule has 0 amide bonds. The van der Waals surface area contributed by atoms with Crippen molar-refractivity contribution in [1.29, 1.82) is 0 Å². The maximum atomic E-state index is 10.7. The standard InChI is InChI=1S/C21H27NO2/c1-20(2,3)14-6-5-12-11-15-13-7-8-16(23)19-21(13,9-10-22(15)4)17(12)18(14)24-19/h5-8,13,15-16,19,23H,9-11H2,1-4H3. The number of aliphatic hydroxyl groups excluding tert-OH is 1. The van der Waals surface area contributed by atoms with Crippen molar-refractivity contribution in [2.24, 2.45) is 5.92 Å². The third kappa shape index (κ3) is 1.60. The highest BCUT2D eigenvalue weighted by Gasteiger charge is 2.64. The van der Waals surface area contributed by atoms with E-state index in [0.29, 0.717) is 12.0 Å². The average molecular weight is 325 g/mol. The van der Waals surface area contributed by atoms with E-state index in [9.17, 15) is 5.11 Å². The monoisotopic (exact) mass is 325 g/mol. The fourth-order valence-electron chi connectivity index (χ4n) is 5.84. The molecule has 1 saturated heterocycles. The topological polar surface area (TPSA) is 32.7 Å². The Bertz CT molecular complexity index is 747. The molecular weight excluding hydrogens is 298 g/mol. The van der Waals surface area contributed by atoms with Crippen molar-refractivity contribution in [2.75, 3.05) is 13.6 Å². The molecule has 0 saturated carbocycles. The number of hydrogen-bond donors (Lipinski definition) is 1. The molecule has 2 bridgehead atoms. The molecule has 2 aliphatic carbocycles. The van der Waals surface area contributed by atoms with E-state index < -0.39 is 6.10 Å². The minimum Gasteiger partial charge on any atom is -0.486 e. The summed E-state index contributed by atoms with van der Waals surface area (Å²) >= 11 is 0. The van der Waals surface area contributed by atoms with Crippen LogP contribution in [0.5, 0.6) is 5.75 Å². The minimum atomic E-state index is -0.503. The Hall–Kier alpha value is -1.32. The van der Waals surface area contributed by atoms with E-state index in [4.69, 9.17) is 4.74 Å². The predicted molar refractivity (Wildman–Crippen MR) is 94.6 cm³/mol. The quantitative estimate of drug-likeness (QED) is 0.745. The van der Waals surface area contributed by atoms with E-state index in [1.807, 2.05) is 6.08 Å². The summed E-state index contributed by atoms with van der Waals surface area (Å²) in [6, 6.07) is 5.12. The summed E-state index contributed by atoms with van der Waals surface area (Å²) in [6.45, 7) is 7.84. The van der Waals surface area contributed by atoms with Crippen LogP contribution >= 0.6 is 0 Å². The first-order valence-corrected chi connectivity index (χ1v) is 9.24. The van der Waals surface area contributed by atoms with Gasteiger partial charge in [0.05, 0.1) is 0 Å². The van der Waals surface area contributed by atoms with Gasteiger partial charge < -0.3 is 14.7 Å². The van der Waals surface area contributed by atoms with Gasteiger partial charge in [-0.2, -0.15) is 0 Å². The Morgan fingerprint density at radius 2 is 2.04 bits per heavy atom. The second-order valence-corrected chi connectivity index (χ2v) is 9.21. The molecule has 24 heavy (non-hydrogen) atoms. The van der Waals surface area contributed by atoms with Crippen molar-refractivity contribution in [2.45, 2.75) is 62.7 Å². The van der Waals surface area contributed by atoms with Gasteiger partial charge in [0.25, 0.3) is 0 Å². The van der Waals surface area contributed by atoms with Crippen LogP contribution in [-0.4, -0.2) is 41.8 Å². The summed E-state index contributed by atoms with van der Waals surface area (Å²) in [4.78, 5) is 2.51. The first-order valence-electron chi connectivity index (χ1n) is 9.24. The first kappa shape index (κ1) is 15.0. The van der Waals surface area contributed by atoms with Crippen LogP contribution < -0.4 is 4.74 Å². The van der Waals surface area contributed by atoms with Crippen LogP contribution in [0.1, 0.15) is 43.9 Å². The van der Waals surface area contributed by atoms with Gasteiger partial charge in [0.15, 0.2) is 0 Å². The number of ether oxygens (including phenoxy) is 1. The number of rotatable bonds is 0. The predicted octanol–water partition coefficient (Wildman–Crippen LogP) is 2.79. The van der Waals surface area contributed by atoms with Crippen LogP contribution in [0, 0.1) is 5.92 Å². The molecule has 1 fully saturated rings. The number of likely N-dealkylation sites (N-methyl/N-ethyl adjacent to an activating group) is 1. The summed E-state index contributed by atoms with van der Waals surface area (Å²) in [5.41, 5.74) is 4.17. The number of hydrogen-bond acceptors (Lipinski definition) is 3. The maximum absolute atomic E-state index is 10.7. The smallest absolute Gasteiger partial charge is 0.138 e. The Balaban J connectivity index is 1.82. The van der Waals surface area contributed by atoms with Crippen molar-refractivity contribution in [3.63, 3.8) is 0 Å². The van der Waals surface area contributed by atoms with Crippen LogP contribution in [0.3, 0.4) is 0 Å². The van der Waals surface area contributed by atoms with Gasteiger partial charge in [0, 0.05) is 22.9 Å². The number of benzene rings is 1. The normalized spacial score (nSPS) is 39.5. The van der Waals surface area contributed by atoms with E-state index in [1.165, 1.54) is 16.7 Å². The van der Waals surface area contributed by atoms with Gasteiger partial charge in [0.2, 0.25) is 0 Å². The lowest BCUT2D eigenvalue weighted by Crippen LogP contribution is -2.64. The number of likely N-dealkylation sites (tertiary alicyclic amines) is 1. The molecule has 128 valence electrons. The van der Waals surface area contributed by atoms with Gasteiger partial charge in [-0.15, -0.1) is 0 Å². The molecule has 5 atom stereocenters. The van der Waals surface area contributed by atoms with E-state index in [2.05, 4.69) is 50.9 Å². The van der Waals surface area contributed by atoms with Crippen LogP contribution in [-0.2, 0) is 17.3 Å². The van der Waals surface area contributed by atoms with Crippen LogP contribution in [0.2, 0.25) is 0 Å². The molecule has 1 aromatic rings. The zero-order valence-electron chi connectivity index (χ0n) is 15.0. The first-order chi connectivity index (χ1) is 11.3. The van der Waals surface area contributed by atoms with Gasteiger partial charge in [-0.3, -0.25) is 0 Å². The highest BCUT2D eigenvalue weighted by molar-refractivity contribution is 5.61. The molecule has 5 unspecified atom stereocenters. The summed E-state index contributed by atoms with van der Waals surface area (Å²) in [5.74, 6) is 1.54. The van der Waals surface area contributed by atoms with Gasteiger partial charge in [0.1, 0.15) is 18.0 Å². The summed E-state index contributed by atoms with van der Waals surface area (Å²) < 4.78 is 6.56. The van der Waals surface area contributed by atoms with Crippen LogP contribution in [0.25, 0.3) is 0 Å². The van der Waals surface area contributed by atoms with Crippen LogP contribution in [0.4, 0.5) is 0 Å². The average Bonchev–Trinajstić information content (AvgIpc) is 2.86. The second-order valence-electron chi connectivity index (χ2n) is 9.21. The fraction of sp³-hybridized carbons (Fsp3) is 0.619. The largest absolute Gasteiger partial charge is 0.486 e. The SMILES string of the molecule is CN1CCC23c4c5ccc(C(C)(C)C)c4OC2C(O)C=CC3C1C5. The van der Waals surface area contributed by atoms with Crippen LogP contribution in [0.15, 0.2) is 24.3 Å². The second kappa shape index (κ2) is 4.44. The van der Waals surface area contributed by atoms with Crippen molar-refractivity contribution in [3.05, 3.63) is 41.0 Å². The third-order valence-electron chi connectivity index (χ3n) is 6.98. The van der Waals surface area contributed by atoms with Crippen molar-refractivity contribution < 1.29 is 9.84 Å². The Labute approximate surface area is 144 Å². The van der Waals surface area contributed by atoms with Gasteiger partial charge >= 0.3 is 0 Å². The lowest BCUT2D eigenvalue weighted by molar-refractivity contribution is -0.0452. The van der Waals surface area contributed by atoms with Crippen molar-refractivity contribution in [1.82, 2.24) is 4.90 Å². The van der Waals surface area contributed by atoms with E-state index in [-0.39, 0.29) is 16.9 Å². The highest BCUT2D eigenvalue weighted by atomic mass is 16.5. The van der Waals surface area contributed by atoms with Gasteiger partial charge in [-0.1, -0.05) is 45.1 Å². The molecule has 1 spiro atoms. The number of piperidine rings is 1. The van der Waals surface area contributed by atoms with E-state index in [0.717, 1.165) is 25.1 Å². The third-order valence-corrected chi connectivity index (χ3v) is 6.98. The molecule has 4 aliphatic rings. The Morgan fingerprint density at radius 3 is 2.79 bits per heavy atom. The summed E-state index contributed by atoms with van der Waals surface area (Å²) in [6.07, 6.45) is 5.80. The van der Waals surface area contributed by atoms with Gasteiger partial charge in [-0.25, -0.2) is 0 Å². The van der Waals surface area contributed by atoms with E-state index >= 15 is 0 Å². The lowest BCUT2D eigenvalue weighted by atomic mass is 9.53. The van der Waals surface area contributed by atoms with E-state index in [1.54, 1.807) is 0 Å². The Morgan fingerprint density at radius 1 is 1.25 bits per heavy atom. The minimum absolute atomic E-state index is 0.0322. The zero-order chi connectivity index (χ0) is 16.9. The molecule has 2 aliphatic heterocycles.